The van der Waals surface area contributed by atoms with E-state index < -0.39 is 20.6 Å². The molecule has 1 aromatic carbocycles. The molecule has 0 bridgehead atoms. The fourth-order valence-electron chi connectivity index (χ4n) is 1.50. The molecule has 18 heavy (non-hydrogen) atoms. The zero-order chi connectivity index (χ0) is 14.1. The summed E-state index contributed by atoms with van der Waals surface area (Å²) in [7, 11) is -3.27. The van der Waals surface area contributed by atoms with Gasteiger partial charge in [0, 0.05) is 16.8 Å². The Kier molecular flexibility index (Phi) is 4.56. The van der Waals surface area contributed by atoms with Crippen LogP contribution in [-0.2, 0) is 16.3 Å². The van der Waals surface area contributed by atoms with Gasteiger partial charge in [0.05, 0.1) is 4.75 Å². The van der Waals surface area contributed by atoms with Crippen LogP contribution in [0, 0.1) is 5.82 Å². The third-order valence-corrected chi connectivity index (χ3v) is 5.90. The topological polar surface area (TPSA) is 60.2 Å². The first kappa shape index (κ1) is 15.6. The summed E-state index contributed by atoms with van der Waals surface area (Å²) in [4.78, 5) is 0. The van der Waals surface area contributed by atoms with E-state index in [-0.39, 0.29) is 5.82 Å². The number of hydrogen-bond donors (Lipinski definition) is 1. The summed E-state index contributed by atoms with van der Waals surface area (Å²) in [5.74, 6) is -0.372. The third kappa shape index (κ3) is 3.52. The van der Waals surface area contributed by atoms with Gasteiger partial charge in [-0.15, -0.1) is 0 Å². The molecule has 1 aromatic rings. The first-order valence-corrected chi connectivity index (χ1v) is 8.12. The van der Waals surface area contributed by atoms with Crippen LogP contribution in [0.3, 0.4) is 0 Å². The maximum Gasteiger partial charge on any atom is 0.154 e. The number of rotatable bonds is 4. The molecule has 1 rings (SSSR count). The third-order valence-electron chi connectivity index (χ3n) is 3.23. The highest BCUT2D eigenvalue weighted by Gasteiger charge is 2.36. The smallest absolute Gasteiger partial charge is 0.154 e. The van der Waals surface area contributed by atoms with Gasteiger partial charge in [-0.1, -0.05) is 15.9 Å². The zero-order valence-electron chi connectivity index (χ0n) is 10.6. The summed E-state index contributed by atoms with van der Waals surface area (Å²) in [6.45, 7) is 3.17. The van der Waals surface area contributed by atoms with E-state index in [0.29, 0.717) is 16.5 Å². The summed E-state index contributed by atoms with van der Waals surface area (Å²) in [6, 6.07) is 3.85. The molecule has 0 saturated heterocycles. The zero-order valence-corrected chi connectivity index (χ0v) is 13.0. The minimum absolute atomic E-state index is 0.302. The summed E-state index contributed by atoms with van der Waals surface area (Å²) in [5, 5.41) is 0. The van der Waals surface area contributed by atoms with Gasteiger partial charge in [-0.2, -0.15) is 0 Å². The highest BCUT2D eigenvalue weighted by atomic mass is 79.9. The molecule has 0 fully saturated rings. The minimum Gasteiger partial charge on any atom is -0.326 e. The van der Waals surface area contributed by atoms with E-state index >= 15 is 0 Å². The van der Waals surface area contributed by atoms with Crippen molar-refractivity contribution in [2.45, 2.75) is 31.1 Å². The molecule has 0 aliphatic heterocycles. The molecule has 1 atom stereocenters. The second-order valence-corrected chi connectivity index (χ2v) is 8.48. The normalized spacial score (nSPS) is 14.6. The molecule has 6 heteroatoms. The maximum atomic E-state index is 13.2. The molecular formula is C12H17BrFNO2S. The van der Waals surface area contributed by atoms with Crippen molar-refractivity contribution >= 4 is 25.8 Å². The lowest BCUT2D eigenvalue weighted by molar-refractivity contribution is 0.481. The van der Waals surface area contributed by atoms with Crippen LogP contribution in [0.5, 0.6) is 0 Å². The second-order valence-electron chi connectivity index (χ2n) is 4.96. The van der Waals surface area contributed by atoms with Gasteiger partial charge in [-0.25, -0.2) is 12.8 Å². The Morgan fingerprint density at radius 1 is 1.39 bits per heavy atom. The van der Waals surface area contributed by atoms with Crippen LogP contribution in [0.25, 0.3) is 0 Å². The van der Waals surface area contributed by atoms with E-state index in [0.717, 1.165) is 6.26 Å². The largest absolute Gasteiger partial charge is 0.326 e. The molecule has 0 saturated carbocycles. The Hall–Kier alpha value is -0.460. The molecular weight excluding hydrogens is 321 g/mol. The summed E-state index contributed by atoms with van der Waals surface area (Å²) >= 11 is 3.19. The quantitative estimate of drug-likeness (QED) is 0.916. The molecule has 102 valence electrons. The van der Waals surface area contributed by atoms with E-state index in [4.69, 9.17) is 5.73 Å². The van der Waals surface area contributed by atoms with E-state index in [1.807, 2.05) is 0 Å². The lowest BCUT2D eigenvalue weighted by Crippen LogP contribution is -2.49. The Morgan fingerprint density at radius 2 is 1.94 bits per heavy atom. The number of sulfone groups is 1. The lowest BCUT2D eigenvalue weighted by atomic mass is 9.96. The standard InChI is InChI=1S/C12H17BrFNO2S/c1-12(2,18(3,16)17)11(15)6-8-4-9(13)7-10(14)5-8/h4-5,7,11H,6,15H2,1-3H3. The lowest BCUT2D eigenvalue weighted by Gasteiger charge is -2.29. The van der Waals surface area contributed by atoms with Crippen molar-refractivity contribution in [1.29, 1.82) is 0 Å². The molecule has 2 N–H and O–H groups in total. The van der Waals surface area contributed by atoms with Crippen molar-refractivity contribution in [3.63, 3.8) is 0 Å². The Balaban J connectivity index is 2.98. The Bertz CT molecular complexity index is 523. The number of benzene rings is 1. The molecule has 0 radical (unpaired) electrons. The number of hydrogen-bond acceptors (Lipinski definition) is 3. The van der Waals surface area contributed by atoms with E-state index in [2.05, 4.69) is 15.9 Å². The minimum atomic E-state index is -3.27. The Labute approximate surface area is 116 Å². The van der Waals surface area contributed by atoms with Gasteiger partial charge in [0.2, 0.25) is 0 Å². The van der Waals surface area contributed by atoms with E-state index in [1.54, 1.807) is 19.9 Å². The van der Waals surface area contributed by atoms with Crippen molar-refractivity contribution in [1.82, 2.24) is 0 Å². The summed E-state index contributed by atoms with van der Waals surface area (Å²) < 4.78 is 36.1. The van der Waals surface area contributed by atoms with Crippen LogP contribution in [-0.4, -0.2) is 25.5 Å². The number of halogens is 2. The first-order valence-electron chi connectivity index (χ1n) is 5.44. The fourth-order valence-corrected chi connectivity index (χ4v) is 2.65. The second kappa shape index (κ2) is 5.27. The highest BCUT2D eigenvalue weighted by molar-refractivity contribution is 9.10. The average molecular weight is 338 g/mol. The Morgan fingerprint density at radius 3 is 2.39 bits per heavy atom. The van der Waals surface area contributed by atoms with Gasteiger partial charge in [0.15, 0.2) is 9.84 Å². The van der Waals surface area contributed by atoms with Crippen LogP contribution < -0.4 is 5.73 Å². The predicted octanol–water partition coefficient (Wildman–Crippen LogP) is 2.28. The van der Waals surface area contributed by atoms with Crippen molar-refractivity contribution in [2.24, 2.45) is 5.73 Å². The number of nitrogens with two attached hydrogens (primary N) is 1. The van der Waals surface area contributed by atoms with Gasteiger partial charge in [-0.3, -0.25) is 0 Å². The van der Waals surface area contributed by atoms with Crippen LogP contribution in [0.2, 0.25) is 0 Å². The predicted molar refractivity (Wildman–Crippen MR) is 74.7 cm³/mol. The van der Waals surface area contributed by atoms with Crippen LogP contribution in [0.4, 0.5) is 4.39 Å². The molecule has 0 amide bonds. The molecule has 3 nitrogen and oxygen atoms in total. The highest BCUT2D eigenvalue weighted by Crippen LogP contribution is 2.23. The van der Waals surface area contributed by atoms with Gasteiger partial charge < -0.3 is 5.73 Å². The van der Waals surface area contributed by atoms with Crippen molar-refractivity contribution in [3.8, 4) is 0 Å². The van der Waals surface area contributed by atoms with Crippen LogP contribution in [0.1, 0.15) is 19.4 Å². The molecule has 0 aliphatic carbocycles. The van der Waals surface area contributed by atoms with Gasteiger partial charge in [0.25, 0.3) is 0 Å². The van der Waals surface area contributed by atoms with E-state index in [1.165, 1.54) is 12.1 Å². The average Bonchev–Trinajstić information content (AvgIpc) is 2.13. The SMILES string of the molecule is CC(C)(C(N)Cc1cc(F)cc(Br)c1)S(C)(=O)=O. The molecule has 0 aromatic heterocycles. The van der Waals surface area contributed by atoms with Crippen molar-refractivity contribution in [2.75, 3.05) is 6.26 Å². The van der Waals surface area contributed by atoms with Crippen molar-refractivity contribution < 1.29 is 12.8 Å². The molecule has 0 spiro atoms. The first-order chi connectivity index (χ1) is 8.04. The van der Waals surface area contributed by atoms with Crippen LogP contribution >= 0.6 is 15.9 Å². The summed E-state index contributed by atoms with van der Waals surface area (Å²) in [5.41, 5.74) is 6.63. The molecule has 1 unspecified atom stereocenters. The van der Waals surface area contributed by atoms with Gasteiger partial charge in [-0.05, 0) is 44.0 Å². The molecule has 0 heterocycles. The monoisotopic (exact) mass is 337 g/mol. The maximum absolute atomic E-state index is 13.2. The molecule has 0 aliphatic rings. The summed E-state index contributed by atoms with van der Waals surface area (Å²) in [6.07, 6.45) is 1.46. The fraction of sp³-hybridized carbons (Fsp3) is 0.500. The van der Waals surface area contributed by atoms with Gasteiger partial charge >= 0.3 is 0 Å². The van der Waals surface area contributed by atoms with Crippen molar-refractivity contribution in [3.05, 3.63) is 34.1 Å². The van der Waals surface area contributed by atoms with Gasteiger partial charge in [0.1, 0.15) is 5.82 Å². The van der Waals surface area contributed by atoms with E-state index in [9.17, 15) is 12.8 Å². The van der Waals surface area contributed by atoms with Crippen LogP contribution in [0.15, 0.2) is 22.7 Å².